The minimum absolute atomic E-state index is 0.202. The second-order valence-electron chi connectivity index (χ2n) is 6.38. The van der Waals surface area contributed by atoms with Crippen molar-refractivity contribution in [1.29, 1.82) is 0 Å². The van der Waals surface area contributed by atoms with Crippen LogP contribution >= 0.6 is 11.8 Å². The Balaban J connectivity index is 1.79. The predicted octanol–water partition coefficient (Wildman–Crippen LogP) is 2.72. The smallest absolute Gasteiger partial charge is 0.217 e. The van der Waals surface area contributed by atoms with Gasteiger partial charge in [-0.1, -0.05) is 18.2 Å². The number of piperidine rings is 1. The number of nitrogens with zero attached hydrogens (tertiary/aromatic N) is 2. The number of carbonyl (C=O) groups excluding carboxylic acids is 1. The maximum absolute atomic E-state index is 11.2. The molecule has 0 spiro atoms. The summed E-state index contributed by atoms with van der Waals surface area (Å²) in [5.74, 6) is 2.19. The molecule has 3 N–H and O–H groups in total. The summed E-state index contributed by atoms with van der Waals surface area (Å²) >= 11 is 1.87. The zero-order valence-corrected chi connectivity index (χ0v) is 15.9. The van der Waals surface area contributed by atoms with Crippen LogP contribution in [0.15, 0.2) is 40.2 Å². The van der Waals surface area contributed by atoms with Crippen molar-refractivity contribution < 1.29 is 4.79 Å². The molecule has 1 aromatic carbocycles. The van der Waals surface area contributed by atoms with Gasteiger partial charge in [-0.25, -0.2) is 0 Å². The van der Waals surface area contributed by atoms with Gasteiger partial charge in [-0.15, -0.1) is 11.8 Å². The molecule has 5 nitrogen and oxygen atoms in total. The number of guanidine groups is 1. The Morgan fingerprint density at radius 2 is 2.20 bits per heavy atom. The van der Waals surface area contributed by atoms with Crippen LogP contribution in [0.5, 0.6) is 0 Å². The molecule has 0 saturated carbocycles. The summed E-state index contributed by atoms with van der Waals surface area (Å²) in [7, 11) is 0. The maximum Gasteiger partial charge on any atom is 0.217 e. The zero-order chi connectivity index (χ0) is 17.9. The Morgan fingerprint density at radius 3 is 2.92 bits per heavy atom. The van der Waals surface area contributed by atoms with Gasteiger partial charge in [0.2, 0.25) is 5.91 Å². The lowest BCUT2D eigenvalue weighted by atomic mass is 9.95. The number of nitrogens with one attached hydrogen (secondary N) is 1. The number of carbonyl (C=O) groups is 1. The summed E-state index contributed by atoms with van der Waals surface area (Å²) in [4.78, 5) is 19.6. The van der Waals surface area contributed by atoms with Crippen molar-refractivity contribution in [1.82, 2.24) is 10.2 Å². The molecule has 0 aromatic heterocycles. The quantitative estimate of drug-likeness (QED) is 0.323. The molecule has 0 radical (unpaired) electrons. The van der Waals surface area contributed by atoms with Gasteiger partial charge in [-0.3, -0.25) is 9.79 Å². The monoisotopic (exact) mass is 362 g/mol. The molecular formula is C19H30N4OS. The summed E-state index contributed by atoms with van der Waals surface area (Å²) in [6, 6.07) is 10.5. The van der Waals surface area contributed by atoms with Gasteiger partial charge in [0.1, 0.15) is 0 Å². The van der Waals surface area contributed by atoms with Crippen molar-refractivity contribution >= 4 is 23.6 Å². The van der Waals surface area contributed by atoms with Crippen LogP contribution in [0.2, 0.25) is 0 Å². The van der Waals surface area contributed by atoms with E-state index in [4.69, 9.17) is 10.7 Å². The van der Waals surface area contributed by atoms with Crippen molar-refractivity contribution in [3.63, 3.8) is 0 Å². The molecule has 1 aliphatic rings. The minimum Gasteiger partial charge on any atom is -0.370 e. The van der Waals surface area contributed by atoms with Crippen molar-refractivity contribution in [3.05, 3.63) is 30.3 Å². The molecule has 138 valence electrons. The average Bonchev–Trinajstić information content (AvgIpc) is 2.61. The van der Waals surface area contributed by atoms with Gasteiger partial charge in [0, 0.05) is 37.5 Å². The summed E-state index contributed by atoms with van der Waals surface area (Å²) in [6.07, 6.45) is 3.69. The highest BCUT2D eigenvalue weighted by molar-refractivity contribution is 7.99. The topological polar surface area (TPSA) is 70.7 Å². The third-order valence-corrected chi connectivity index (χ3v) is 5.32. The van der Waals surface area contributed by atoms with Crippen LogP contribution in [0, 0.1) is 5.92 Å². The molecular weight excluding hydrogens is 332 g/mol. The van der Waals surface area contributed by atoms with Crippen molar-refractivity contribution in [2.75, 3.05) is 31.9 Å². The van der Waals surface area contributed by atoms with Crippen molar-refractivity contribution in [2.24, 2.45) is 16.6 Å². The molecule has 1 fully saturated rings. The van der Waals surface area contributed by atoms with Gasteiger partial charge < -0.3 is 16.0 Å². The van der Waals surface area contributed by atoms with E-state index in [1.54, 1.807) is 0 Å². The number of hydrogen-bond acceptors (Lipinski definition) is 3. The fourth-order valence-corrected chi connectivity index (χ4v) is 3.95. The first-order chi connectivity index (χ1) is 12.2. The Bertz CT molecular complexity index is 550. The Kier molecular flexibility index (Phi) is 8.66. The summed E-state index contributed by atoms with van der Waals surface area (Å²) in [6.45, 7) is 5.63. The van der Waals surface area contributed by atoms with Crippen LogP contribution in [0.1, 0.15) is 32.6 Å². The van der Waals surface area contributed by atoms with E-state index < -0.39 is 0 Å². The van der Waals surface area contributed by atoms with Crippen LogP contribution in [-0.4, -0.2) is 48.7 Å². The molecule has 1 aliphatic heterocycles. The third kappa shape index (κ3) is 7.38. The number of nitrogens with two attached hydrogens (primary N) is 1. The molecule has 1 heterocycles. The zero-order valence-electron chi connectivity index (χ0n) is 15.1. The molecule has 1 saturated heterocycles. The highest BCUT2D eigenvalue weighted by Gasteiger charge is 2.23. The molecule has 0 bridgehead atoms. The Hall–Kier alpha value is -1.69. The largest absolute Gasteiger partial charge is 0.370 e. The van der Waals surface area contributed by atoms with E-state index in [0.29, 0.717) is 12.3 Å². The van der Waals surface area contributed by atoms with Gasteiger partial charge >= 0.3 is 0 Å². The van der Waals surface area contributed by atoms with Crippen LogP contribution in [0.25, 0.3) is 0 Å². The van der Waals surface area contributed by atoms with Gasteiger partial charge in [0.05, 0.1) is 0 Å². The first-order valence-corrected chi connectivity index (χ1v) is 10.2. The second-order valence-corrected chi connectivity index (χ2v) is 7.54. The van der Waals surface area contributed by atoms with E-state index in [1.165, 1.54) is 4.90 Å². The number of hydrogen-bond donors (Lipinski definition) is 2. The van der Waals surface area contributed by atoms with Gasteiger partial charge in [0.15, 0.2) is 5.96 Å². The van der Waals surface area contributed by atoms with Crippen LogP contribution in [0.4, 0.5) is 0 Å². The molecule has 0 aliphatic carbocycles. The van der Waals surface area contributed by atoms with Gasteiger partial charge in [-0.2, -0.15) is 0 Å². The minimum atomic E-state index is -0.202. The third-order valence-electron chi connectivity index (χ3n) is 4.22. The lowest BCUT2D eigenvalue weighted by Crippen LogP contribution is -2.47. The SMILES string of the molecule is CCNC(=NCCCSc1ccccc1)N1CCCC(CC(N)=O)C1. The first kappa shape index (κ1) is 19.6. The molecule has 1 aromatic rings. The van der Waals surface area contributed by atoms with E-state index in [-0.39, 0.29) is 5.91 Å². The van der Waals surface area contributed by atoms with Crippen LogP contribution in [-0.2, 0) is 4.79 Å². The second kappa shape index (κ2) is 11.0. The maximum atomic E-state index is 11.2. The fraction of sp³-hybridized carbons (Fsp3) is 0.579. The summed E-state index contributed by atoms with van der Waals surface area (Å²) in [5.41, 5.74) is 5.36. The van der Waals surface area contributed by atoms with Crippen molar-refractivity contribution in [3.8, 4) is 0 Å². The lowest BCUT2D eigenvalue weighted by molar-refractivity contribution is -0.119. The molecule has 25 heavy (non-hydrogen) atoms. The molecule has 1 amide bonds. The van der Waals surface area contributed by atoms with E-state index in [2.05, 4.69) is 41.4 Å². The van der Waals surface area contributed by atoms with E-state index >= 15 is 0 Å². The molecule has 1 unspecified atom stereocenters. The number of aliphatic imine (C=N–C) groups is 1. The Labute approximate surface area is 155 Å². The number of rotatable bonds is 8. The molecule has 2 rings (SSSR count). The van der Waals surface area contributed by atoms with E-state index in [1.807, 2.05) is 17.8 Å². The number of primary amides is 1. The van der Waals surface area contributed by atoms with E-state index in [9.17, 15) is 4.79 Å². The van der Waals surface area contributed by atoms with E-state index in [0.717, 1.165) is 57.2 Å². The van der Waals surface area contributed by atoms with Crippen molar-refractivity contribution in [2.45, 2.75) is 37.5 Å². The van der Waals surface area contributed by atoms with Gasteiger partial charge in [-0.05, 0) is 50.0 Å². The summed E-state index contributed by atoms with van der Waals surface area (Å²) < 4.78 is 0. The Morgan fingerprint density at radius 1 is 1.40 bits per heavy atom. The first-order valence-electron chi connectivity index (χ1n) is 9.18. The standard InChI is InChI=1S/C19H30N4OS/c1-2-21-19(23-12-6-8-16(15-23)14-18(20)24)22-11-7-13-25-17-9-4-3-5-10-17/h3-5,9-10,16H,2,6-8,11-15H2,1H3,(H2,20,24)(H,21,22). The molecule has 1 atom stereocenters. The average molecular weight is 363 g/mol. The van der Waals surface area contributed by atoms with Crippen LogP contribution < -0.4 is 11.1 Å². The predicted molar refractivity (Wildman–Crippen MR) is 106 cm³/mol. The number of thioether (sulfide) groups is 1. The highest BCUT2D eigenvalue weighted by Crippen LogP contribution is 2.20. The lowest BCUT2D eigenvalue weighted by Gasteiger charge is -2.34. The van der Waals surface area contributed by atoms with Gasteiger partial charge in [0.25, 0.3) is 0 Å². The number of amides is 1. The van der Waals surface area contributed by atoms with Crippen LogP contribution in [0.3, 0.4) is 0 Å². The highest BCUT2D eigenvalue weighted by atomic mass is 32.2. The normalized spacial score (nSPS) is 18.2. The summed E-state index contributed by atoms with van der Waals surface area (Å²) in [5, 5.41) is 3.39. The number of likely N-dealkylation sites (tertiary alicyclic amines) is 1. The fourth-order valence-electron chi connectivity index (χ4n) is 3.09. The number of benzene rings is 1. The molecule has 6 heteroatoms.